The van der Waals surface area contributed by atoms with Gasteiger partial charge in [-0.05, 0) is 25.0 Å². The molecule has 0 unspecified atom stereocenters. The Kier molecular flexibility index (Phi) is 8.26. The normalized spacial score (nSPS) is 11.8. The number of esters is 1. The first-order chi connectivity index (χ1) is 13.8. The van der Waals surface area contributed by atoms with Gasteiger partial charge in [0.15, 0.2) is 11.3 Å². The maximum atomic E-state index is 12.5. The highest BCUT2D eigenvalue weighted by atomic mass is 32.2. The molecule has 2 N–H and O–H groups in total. The van der Waals surface area contributed by atoms with E-state index < -0.39 is 12.1 Å². The molecule has 0 bridgehead atoms. The van der Waals surface area contributed by atoms with Gasteiger partial charge in [0.1, 0.15) is 0 Å². The van der Waals surface area contributed by atoms with Gasteiger partial charge >= 0.3 is 5.97 Å². The molecule has 156 valence electrons. The summed E-state index contributed by atoms with van der Waals surface area (Å²) in [7, 11) is 1.84. The van der Waals surface area contributed by atoms with Crippen molar-refractivity contribution >= 4 is 35.2 Å². The number of hydrogen-bond donors (Lipinski definition) is 2. The van der Waals surface area contributed by atoms with Gasteiger partial charge in [-0.15, -0.1) is 0 Å². The minimum atomic E-state index is -0.941. The zero-order valence-electron chi connectivity index (χ0n) is 17.0. The van der Waals surface area contributed by atoms with E-state index in [-0.39, 0.29) is 23.1 Å². The summed E-state index contributed by atoms with van der Waals surface area (Å²) >= 11 is 1.29. The van der Waals surface area contributed by atoms with E-state index in [4.69, 9.17) is 4.74 Å². The second-order valence-corrected chi connectivity index (χ2v) is 7.83. The zero-order valence-corrected chi connectivity index (χ0v) is 17.8. The Morgan fingerprint density at radius 3 is 2.59 bits per heavy atom. The van der Waals surface area contributed by atoms with Crippen molar-refractivity contribution in [3.8, 4) is 0 Å². The van der Waals surface area contributed by atoms with Crippen LogP contribution in [0.25, 0.3) is 0 Å². The van der Waals surface area contributed by atoms with Gasteiger partial charge in [-0.3, -0.25) is 9.59 Å². The number of imidazole rings is 1. The second-order valence-electron chi connectivity index (χ2n) is 6.89. The average Bonchev–Trinajstić information content (AvgIpc) is 3.09. The molecule has 1 atom stereocenters. The highest BCUT2D eigenvalue weighted by Gasteiger charge is 2.21. The molecule has 0 saturated heterocycles. The molecule has 1 heterocycles. The molecule has 0 saturated carbocycles. The lowest BCUT2D eigenvalue weighted by molar-refractivity contribution is -0.129. The van der Waals surface area contributed by atoms with Crippen LogP contribution in [-0.4, -0.2) is 45.7 Å². The molecule has 29 heavy (non-hydrogen) atoms. The van der Waals surface area contributed by atoms with Crippen molar-refractivity contribution < 1.29 is 19.1 Å². The molecule has 1 aromatic heterocycles. The Balaban J connectivity index is 1.96. The molecular weight excluding hydrogens is 392 g/mol. The highest BCUT2D eigenvalue weighted by molar-refractivity contribution is 7.99. The predicted molar refractivity (Wildman–Crippen MR) is 112 cm³/mol. The number of benzene rings is 1. The molecule has 2 aromatic rings. The predicted octanol–water partition coefficient (Wildman–Crippen LogP) is 2.47. The van der Waals surface area contributed by atoms with E-state index in [0.29, 0.717) is 23.3 Å². The Labute approximate surface area is 174 Å². The van der Waals surface area contributed by atoms with Crippen molar-refractivity contribution in [2.45, 2.75) is 32.0 Å². The third-order valence-electron chi connectivity index (χ3n) is 3.87. The van der Waals surface area contributed by atoms with Gasteiger partial charge in [-0.2, -0.15) is 0 Å². The molecular formula is C20H26N4O4S. The van der Waals surface area contributed by atoms with E-state index in [0.717, 1.165) is 0 Å². The van der Waals surface area contributed by atoms with Crippen LogP contribution in [0.2, 0.25) is 0 Å². The van der Waals surface area contributed by atoms with Crippen LogP contribution >= 0.6 is 11.8 Å². The molecule has 0 fully saturated rings. The lowest BCUT2D eigenvalue weighted by Gasteiger charge is -2.16. The highest BCUT2D eigenvalue weighted by Crippen LogP contribution is 2.19. The fourth-order valence-electron chi connectivity index (χ4n) is 2.30. The van der Waals surface area contributed by atoms with E-state index in [9.17, 15) is 14.4 Å². The van der Waals surface area contributed by atoms with E-state index in [1.807, 2.05) is 25.5 Å². The maximum absolute atomic E-state index is 12.5. The number of nitrogens with one attached hydrogen (secondary N) is 2. The summed E-state index contributed by atoms with van der Waals surface area (Å²) in [6.45, 7) is 5.96. The fraction of sp³-hybridized carbons (Fsp3) is 0.400. The summed E-state index contributed by atoms with van der Waals surface area (Å²) in [4.78, 5) is 41.0. The number of aromatic nitrogens is 2. The van der Waals surface area contributed by atoms with Crippen LogP contribution < -0.4 is 10.6 Å². The van der Waals surface area contributed by atoms with Crippen molar-refractivity contribution in [1.82, 2.24) is 14.9 Å². The number of ether oxygens (including phenoxy) is 1. The van der Waals surface area contributed by atoms with Gasteiger partial charge < -0.3 is 19.9 Å². The van der Waals surface area contributed by atoms with Crippen LogP contribution in [0, 0.1) is 5.92 Å². The number of para-hydroxylation sites is 1. The van der Waals surface area contributed by atoms with Gasteiger partial charge in [0.25, 0.3) is 5.91 Å². The topological polar surface area (TPSA) is 102 Å². The molecule has 2 amide bonds. The number of anilines is 1. The van der Waals surface area contributed by atoms with E-state index in [1.165, 1.54) is 18.7 Å². The number of hydrogen-bond acceptors (Lipinski definition) is 6. The van der Waals surface area contributed by atoms with Crippen molar-refractivity contribution in [2.75, 3.05) is 17.6 Å². The molecule has 0 radical (unpaired) electrons. The smallest absolute Gasteiger partial charge is 0.341 e. The summed E-state index contributed by atoms with van der Waals surface area (Å²) in [6.07, 6.45) is 2.51. The Hall–Kier alpha value is -2.81. The average molecular weight is 419 g/mol. The Morgan fingerprint density at radius 1 is 1.21 bits per heavy atom. The maximum Gasteiger partial charge on any atom is 0.341 e. The summed E-state index contributed by atoms with van der Waals surface area (Å²) in [5.41, 5.74) is 0.518. The monoisotopic (exact) mass is 418 g/mol. The fourth-order valence-corrected chi connectivity index (χ4v) is 3.04. The molecule has 0 aliphatic rings. The first kappa shape index (κ1) is 22.5. The summed E-state index contributed by atoms with van der Waals surface area (Å²) < 4.78 is 7.08. The number of aryl methyl sites for hydroxylation is 1. The summed E-state index contributed by atoms with van der Waals surface area (Å²) in [5, 5.41) is 6.16. The SMILES string of the molecule is CC(C)CNC(=O)[C@H](C)OC(=O)c1ccccc1NC(=O)CSc1nccn1C. The Bertz CT molecular complexity index is 866. The minimum Gasteiger partial charge on any atom is -0.449 e. The number of thioether (sulfide) groups is 1. The van der Waals surface area contributed by atoms with Crippen molar-refractivity contribution in [2.24, 2.45) is 13.0 Å². The number of amides is 2. The van der Waals surface area contributed by atoms with E-state index in [1.54, 1.807) is 36.7 Å². The summed E-state index contributed by atoms with van der Waals surface area (Å²) in [6, 6.07) is 6.53. The molecule has 0 spiro atoms. The third-order valence-corrected chi connectivity index (χ3v) is 4.93. The molecule has 8 nitrogen and oxygen atoms in total. The zero-order chi connectivity index (χ0) is 21.4. The lowest BCUT2D eigenvalue weighted by atomic mass is 10.1. The summed E-state index contributed by atoms with van der Waals surface area (Å²) in [5.74, 6) is -0.880. The van der Waals surface area contributed by atoms with Crippen LogP contribution in [0.15, 0.2) is 41.8 Å². The third kappa shape index (κ3) is 6.94. The van der Waals surface area contributed by atoms with E-state index >= 15 is 0 Å². The second kappa shape index (κ2) is 10.7. The van der Waals surface area contributed by atoms with Crippen molar-refractivity contribution in [3.63, 3.8) is 0 Å². The van der Waals surface area contributed by atoms with Gasteiger partial charge in [0.05, 0.1) is 17.0 Å². The van der Waals surface area contributed by atoms with Crippen molar-refractivity contribution in [3.05, 3.63) is 42.2 Å². The quantitative estimate of drug-likeness (QED) is 0.479. The van der Waals surface area contributed by atoms with E-state index in [2.05, 4.69) is 15.6 Å². The van der Waals surface area contributed by atoms with Gasteiger partial charge in [0, 0.05) is 26.0 Å². The first-order valence-corrected chi connectivity index (χ1v) is 10.2. The minimum absolute atomic E-state index is 0.141. The molecule has 0 aliphatic carbocycles. The molecule has 1 aromatic carbocycles. The van der Waals surface area contributed by atoms with Gasteiger partial charge in [-0.1, -0.05) is 37.7 Å². The van der Waals surface area contributed by atoms with Crippen LogP contribution in [0.1, 0.15) is 31.1 Å². The van der Waals surface area contributed by atoms with Crippen LogP contribution in [0.5, 0.6) is 0 Å². The number of carbonyl (C=O) groups is 3. The largest absolute Gasteiger partial charge is 0.449 e. The number of nitrogens with zero attached hydrogens (tertiary/aromatic N) is 2. The van der Waals surface area contributed by atoms with Crippen molar-refractivity contribution in [1.29, 1.82) is 0 Å². The molecule has 9 heteroatoms. The van der Waals surface area contributed by atoms with Crippen LogP contribution in [-0.2, 0) is 21.4 Å². The first-order valence-electron chi connectivity index (χ1n) is 9.25. The molecule has 0 aliphatic heterocycles. The Morgan fingerprint density at radius 2 is 1.93 bits per heavy atom. The number of rotatable bonds is 9. The lowest BCUT2D eigenvalue weighted by Crippen LogP contribution is -2.37. The van der Waals surface area contributed by atoms with Gasteiger partial charge in [0.2, 0.25) is 5.91 Å². The molecule has 2 rings (SSSR count). The number of carbonyl (C=O) groups excluding carboxylic acids is 3. The van der Waals surface area contributed by atoms with Crippen LogP contribution in [0.4, 0.5) is 5.69 Å². The standard InChI is InChI=1S/C20H26N4O4S/c1-13(2)11-22-18(26)14(3)28-19(27)15-7-5-6-8-16(15)23-17(25)12-29-20-21-9-10-24(20)4/h5-10,13-14H,11-12H2,1-4H3,(H,22,26)(H,23,25)/t14-/m0/s1. The van der Waals surface area contributed by atoms with Gasteiger partial charge in [-0.25, -0.2) is 9.78 Å². The van der Waals surface area contributed by atoms with Crippen LogP contribution in [0.3, 0.4) is 0 Å².